The van der Waals surface area contributed by atoms with Crippen LogP contribution in [-0.4, -0.2) is 24.0 Å². The normalized spacial score (nSPS) is 32.6. The summed E-state index contributed by atoms with van der Waals surface area (Å²) in [6.07, 6.45) is 5.41. The quantitative estimate of drug-likeness (QED) is 0.514. The number of terminal acetylenes is 1. The summed E-state index contributed by atoms with van der Waals surface area (Å²) in [4.78, 5) is 2.45. The van der Waals surface area contributed by atoms with Crippen molar-refractivity contribution in [3.8, 4) is 12.3 Å². The van der Waals surface area contributed by atoms with Gasteiger partial charge in [-0.05, 0) is 19.8 Å². The average molecular weight is 151 g/mol. The van der Waals surface area contributed by atoms with Crippen molar-refractivity contribution in [1.82, 2.24) is 4.90 Å². The van der Waals surface area contributed by atoms with E-state index >= 15 is 0 Å². The first kappa shape index (κ1) is 8.62. The van der Waals surface area contributed by atoms with Crippen LogP contribution in [0.1, 0.15) is 20.8 Å². The molecule has 1 aliphatic rings. The van der Waals surface area contributed by atoms with Gasteiger partial charge in [-0.2, -0.15) is 0 Å². The molecular weight excluding hydrogens is 134 g/mol. The van der Waals surface area contributed by atoms with Crippen molar-refractivity contribution >= 4 is 0 Å². The number of rotatable bonds is 1. The van der Waals surface area contributed by atoms with Crippen molar-refractivity contribution in [2.75, 3.05) is 13.1 Å². The first-order valence-corrected chi connectivity index (χ1v) is 4.35. The Hall–Kier alpha value is -0.480. The molecule has 1 rings (SSSR count). The fourth-order valence-corrected chi connectivity index (χ4v) is 1.64. The molecule has 11 heavy (non-hydrogen) atoms. The van der Waals surface area contributed by atoms with Gasteiger partial charge in [0.25, 0.3) is 0 Å². The fraction of sp³-hybridized carbons (Fsp3) is 0.800. The van der Waals surface area contributed by atoms with Gasteiger partial charge in [0.05, 0.1) is 0 Å². The van der Waals surface area contributed by atoms with Crippen molar-refractivity contribution in [3.63, 3.8) is 0 Å². The van der Waals surface area contributed by atoms with Gasteiger partial charge in [-0.3, -0.25) is 4.90 Å². The minimum atomic E-state index is 0.484. The van der Waals surface area contributed by atoms with Crippen LogP contribution >= 0.6 is 0 Å². The van der Waals surface area contributed by atoms with E-state index in [2.05, 4.69) is 31.6 Å². The van der Waals surface area contributed by atoms with E-state index in [4.69, 9.17) is 6.42 Å². The van der Waals surface area contributed by atoms with Crippen LogP contribution in [0, 0.1) is 24.2 Å². The fourth-order valence-electron chi connectivity index (χ4n) is 1.64. The summed E-state index contributed by atoms with van der Waals surface area (Å²) in [7, 11) is 0. The van der Waals surface area contributed by atoms with Gasteiger partial charge in [0, 0.05) is 25.0 Å². The summed E-state index contributed by atoms with van der Waals surface area (Å²) >= 11 is 0. The van der Waals surface area contributed by atoms with Crippen LogP contribution in [0.15, 0.2) is 0 Å². The second kappa shape index (κ2) is 3.28. The molecule has 0 aromatic heterocycles. The van der Waals surface area contributed by atoms with Gasteiger partial charge in [0.15, 0.2) is 0 Å². The Labute approximate surface area is 69.8 Å². The van der Waals surface area contributed by atoms with Gasteiger partial charge >= 0.3 is 0 Å². The molecule has 0 unspecified atom stereocenters. The minimum absolute atomic E-state index is 0.484. The van der Waals surface area contributed by atoms with E-state index < -0.39 is 0 Å². The van der Waals surface area contributed by atoms with Crippen molar-refractivity contribution in [2.45, 2.75) is 26.8 Å². The van der Waals surface area contributed by atoms with Gasteiger partial charge in [0.2, 0.25) is 0 Å². The summed E-state index contributed by atoms with van der Waals surface area (Å²) in [6, 6.07) is 0.649. The molecular formula is C10H17N. The molecule has 1 aliphatic heterocycles. The van der Waals surface area contributed by atoms with Gasteiger partial charge in [0.1, 0.15) is 0 Å². The van der Waals surface area contributed by atoms with Gasteiger partial charge in [-0.15, -0.1) is 12.3 Å². The molecule has 0 bridgehead atoms. The molecule has 0 N–H and O–H groups in total. The van der Waals surface area contributed by atoms with E-state index in [-0.39, 0.29) is 0 Å². The Bertz CT molecular complexity index is 166. The lowest BCUT2D eigenvalue weighted by Gasteiger charge is -2.19. The van der Waals surface area contributed by atoms with Crippen LogP contribution in [0.3, 0.4) is 0 Å². The van der Waals surface area contributed by atoms with E-state index in [0.717, 1.165) is 6.54 Å². The van der Waals surface area contributed by atoms with Crippen molar-refractivity contribution < 1.29 is 0 Å². The molecule has 0 aromatic rings. The lowest BCUT2D eigenvalue weighted by atomic mass is 10.00. The summed E-state index contributed by atoms with van der Waals surface area (Å²) in [5.74, 6) is 4.02. The molecule has 0 amide bonds. The highest BCUT2D eigenvalue weighted by Gasteiger charge is 2.28. The third-order valence-electron chi connectivity index (χ3n) is 2.58. The first-order chi connectivity index (χ1) is 5.15. The van der Waals surface area contributed by atoms with Gasteiger partial charge in [-0.25, -0.2) is 0 Å². The molecule has 0 saturated carbocycles. The van der Waals surface area contributed by atoms with Crippen molar-refractivity contribution in [1.29, 1.82) is 0 Å². The highest BCUT2D eigenvalue weighted by Crippen LogP contribution is 2.23. The van der Waals surface area contributed by atoms with Crippen LogP contribution in [-0.2, 0) is 0 Å². The Morgan fingerprint density at radius 2 is 2.09 bits per heavy atom. The summed E-state index contributed by atoms with van der Waals surface area (Å²) in [5, 5.41) is 0. The lowest BCUT2D eigenvalue weighted by Crippen LogP contribution is -2.28. The zero-order chi connectivity index (χ0) is 8.43. The van der Waals surface area contributed by atoms with Crippen LogP contribution in [0.2, 0.25) is 0 Å². The standard InChI is InChI=1S/C10H17N/c1-5-10-7-11(8(2)3)6-9(10)4/h1,8-10H,6-7H2,2-4H3/t9-,10-/m1/s1. The van der Waals surface area contributed by atoms with Gasteiger partial charge in [-0.1, -0.05) is 6.92 Å². The highest BCUT2D eigenvalue weighted by atomic mass is 15.2. The molecule has 1 nitrogen and oxygen atoms in total. The minimum Gasteiger partial charge on any atom is -0.299 e. The molecule has 1 heterocycles. The van der Waals surface area contributed by atoms with Crippen molar-refractivity contribution in [3.05, 3.63) is 0 Å². The number of likely N-dealkylation sites (tertiary alicyclic amines) is 1. The van der Waals surface area contributed by atoms with Crippen molar-refractivity contribution in [2.24, 2.45) is 11.8 Å². The Kier molecular flexibility index (Phi) is 2.57. The Balaban J connectivity index is 2.51. The van der Waals surface area contributed by atoms with Gasteiger partial charge < -0.3 is 0 Å². The van der Waals surface area contributed by atoms with E-state index in [0.29, 0.717) is 17.9 Å². The van der Waals surface area contributed by atoms with Crippen LogP contribution in [0.25, 0.3) is 0 Å². The molecule has 0 aliphatic carbocycles. The zero-order valence-electron chi connectivity index (χ0n) is 7.67. The van der Waals surface area contributed by atoms with E-state index in [1.165, 1.54) is 6.54 Å². The molecule has 2 atom stereocenters. The van der Waals surface area contributed by atoms with E-state index in [1.54, 1.807) is 0 Å². The number of nitrogens with zero attached hydrogens (tertiary/aromatic N) is 1. The molecule has 1 fully saturated rings. The lowest BCUT2D eigenvalue weighted by molar-refractivity contribution is 0.265. The molecule has 1 saturated heterocycles. The maximum absolute atomic E-state index is 5.41. The number of hydrogen-bond acceptors (Lipinski definition) is 1. The van der Waals surface area contributed by atoms with Crippen LogP contribution in [0.4, 0.5) is 0 Å². The first-order valence-electron chi connectivity index (χ1n) is 4.35. The predicted molar refractivity (Wildman–Crippen MR) is 48.2 cm³/mol. The second-order valence-electron chi connectivity index (χ2n) is 3.80. The largest absolute Gasteiger partial charge is 0.299 e. The third-order valence-corrected chi connectivity index (χ3v) is 2.58. The monoisotopic (exact) mass is 151 g/mol. The third kappa shape index (κ3) is 1.75. The molecule has 0 spiro atoms. The molecule has 0 aromatic carbocycles. The smallest absolute Gasteiger partial charge is 0.0365 e. The number of hydrogen-bond donors (Lipinski definition) is 0. The molecule has 0 radical (unpaired) electrons. The Morgan fingerprint density at radius 3 is 2.36 bits per heavy atom. The summed E-state index contributed by atoms with van der Waals surface area (Å²) in [6.45, 7) is 8.96. The summed E-state index contributed by atoms with van der Waals surface area (Å²) in [5.41, 5.74) is 0. The second-order valence-corrected chi connectivity index (χ2v) is 3.80. The maximum Gasteiger partial charge on any atom is 0.0365 e. The highest BCUT2D eigenvalue weighted by molar-refractivity contribution is 5.01. The zero-order valence-corrected chi connectivity index (χ0v) is 7.67. The maximum atomic E-state index is 5.41. The van der Waals surface area contributed by atoms with E-state index in [9.17, 15) is 0 Å². The summed E-state index contributed by atoms with van der Waals surface area (Å²) < 4.78 is 0. The van der Waals surface area contributed by atoms with Crippen LogP contribution in [0.5, 0.6) is 0 Å². The predicted octanol–water partition coefficient (Wildman–Crippen LogP) is 1.60. The molecule has 62 valence electrons. The SMILES string of the molecule is C#C[C@@H]1CN(C(C)C)C[C@H]1C. The van der Waals surface area contributed by atoms with Crippen LogP contribution < -0.4 is 0 Å². The molecule has 1 heteroatoms. The Morgan fingerprint density at radius 1 is 1.45 bits per heavy atom. The topological polar surface area (TPSA) is 3.24 Å². The average Bonchev–Trinajstić information content (AvgIpc) is 2.31. The van der Waals surface area contributed by atoms with E-state index in [1.807, 2.05) is 0 Å².